The van der Waals surface area contributed by atoms with E-state index < -0.39 is 17.5 Å². The Morgan fingerprint density at radius 2 is 1.88 bits per heavy atom. The summed E-state index contributed by atoms with van der Waals surface area (Å²) in [5, 5.41) is 5.34. The molecule has 0 aliphatic heterocycles. The molecule has 0 aliphatic rings. The van der Waals surface area contributed by atoms with Gasteiger partial charge in [-0.15, -0.1) is 0 Å². The van der Waals surface area contributed by atoms with Crippen molar-refractivity contribution >= 4 is 17.5 Å². The molecule has 0 radical (unpaired) electrons. The van der Waals surface area contributed by atoms with Gasteiger partial charge in [-0.1, -0.05) is 6.07 Å². The molecule has 0 fully saturated rings. The van der Waals surface area contributed by atoms with Crippen LogP contribution in [0.3, 0.4) is 0 Å². The van der Waals surface area contributed by atoms with Crippen LogP contribution in [0.1, 0.15) is 15.9 Å². The highest BCUT2D eigenvalue weighted by Crippen LogP contribution is 2.16. The third-order valence-electron chi connectivity index (χ3n) is 3.27. The van der Waals surface area contributed by atoms with Crippen LogP contribution in [0.2, 0.25) is 0 Å². The van der Waals surface area contributed by atoms with E-state index in [0.717, 1.165) is 17.7 Å². The minimum atomic E-state index is -0.857. The Bertz CT molecular complexity index is 872. The van der Waals surface area contributed by atoms with Crippen molar-refractivity contribution in [1.29, 1.82) is 0 Å². The molecular weight excluding hydrogens is 328 g/mol. The van der Waals surface area contributed by atoms with E-state index in [0.29, 0.717) is 18.6 Å². The first kappa shape index (κ1) is 16.4. The molecule has 3 aromatic rings. The molecule has 0 unspecified atom stereocenters. The summed E-state index contributed by atoms with van der Waals surface area (Å²) in [6, 6.07) is 6.62. The van der Waals surface area contributed by atoms with Crippen LogP contribution in [-0.2, 0) is 6.54 Å². The van der Waals surface area contributed by atoms with E-state index in [1.165, 1.54) is 12.4 Å². The van der Waals surface area contributed by atoms with E-state index in [1.807, 2.05) is 12.1 Å². The summed E-state index contributed by atoms with van der Waals surface area (Å²) in [6.07, 6.45) is 6.02. The summed E-state index contributed by atoms with van der Waals surface area (Å²) in [6.45, 7) is 0.486. The lowest BCUT2D eigenvalue weighted by Crippen LogP contribution is -2.14. The van der Waals surface area contributed by atoms with E-state index in [4.69, 9.17) is 0 Å². The largest absolute Gasteiger partial charge is 0.350 e. The van der Waals surface area contributed by atoms with Gasteiger partial charge in [-0.3, -0.25) is 9.78 Å². The number of benzene rings is 1. The van der Waals surface area contributed by atoms with Crippen LogP contribution in [0.15, 0.2) is 55.1 Å². The summed E-state index contributed by atoms with van der Waals surface area (Å²) in [4.78, 5) is 24.1. The van der Waals surface area contributed by atoms with Gasteiger partial charge >= 0.3 is 0 Å². The van der Waals surface area contributed by atoms with Gasteiger partial charge in [0.05, 0.1) is 11.3 Å². The second-order valence-corrected chi connectivity index (χ2v) is 5.09. The first-order valence-corrected chi connectivity index (χ1v) is 7.33. The summed E-state index contributed by atoms with van der Waals surface area (Å²) in [5.41, 5.74) is 0.987. The van der Waals surface area contributed by atoms with Crippen molar-refractivity contribution in [1.82, 2.24) is 15.0 Å². The number of nitrogens with zero attached hydrogens (tertiary/aromatic N) is 3. The number of carbonyl (C=O) groups is 1. The highest BCUT2D eigenvalue weighted by molar-refractivity contribution is 6.03. The topological polar surface area (TPSA) is 79.8 Å². The molecule has 0 saturated carbocycles. The number of anilines is 2. The Morgan fingerprint density at radius 1 is 1.08 bits per heavy atom. The molecule has 0 bridgehead atoms. The van der Waals surface area contributed by atoms with E-state index in [1.54, 1.807) is 12.4 Å². The molecule has 25 heavy (non-hydrogen) atoms. The van der Waals surface area contributed by atoms with Gasteiger partial charge in [0.25, 0.3) is 5.91 Å². The first-order chi connectivity index (χ1) is 12.1. The predicted molar refractivity (Wildman–Crippen MR) is 87.9 cm³/mol. The van der Waals surface area contributed by atoms with Crippen molar-refractivity contribution < 1.29 is 13.6 Å². The molecule has 0 atom stereocenters. The average Bonchev–Trinajstić information content (AvgIpc) is 2.63. The fourth-order valence-electron chi connectivity index (χ4n) is 2.01. The maximum atomic E-state index is 13.6. The van der Waals surface area contributed by atoms with Crippen LogP contribution in [0.5, 0.6) is 0 Å². The fraction of sp³-hybridized carbons (Fsp3) is 0.0588. The molecule has 3 rings (SSSR count). The minimum absolute atomic E-state index is 0.120. The maximum absolute atomic E-state index is 13.6. The zero-order chi connectivity index (χ0) is 17.6. The number of hydrogen-bond acceptors (Lipinski definition) is 5. The number of nitrogens with one attached hydrogen (secondary N) is 2. The van der Waals surface area contributed by atoms with Gasteiger partial charge in [0, 0.05) is 37.4 Å². The van der Waals surface area contributed by atoms with Crippen LogP contribution >= 0.6 is 0 Å². The van der Waals surface area contributed by atoms with Crippen molar-refractivity contribution in [3.8, 4) is 0 Å². The molecule has 0 saturated heterocycles. The SMILES string of the molecule is O=C(Nc1ccc(F)cc1F)c1cnc(NCc2cccnc2)nc1. The Labute approximate surface area is 142 Å². The second kappa shape index (κ2) is 7.43. The second-order valence-electron chi connectivity index (χ2n) is 5.09. The standard InChI is InChI=1S/C17H13F2N5O/c18-13-3-4-15(14(19)6-13)24-16(25)12-9-22-17(23-10-12)21-8-11-2-1-5-20-7-11/h1-7,9-10H,8H2,(H,24,25)(H,21,22,23). The van der Waals surface area contributed by atoms with Crippen molar-refractivity contribution in [3.63, 3.8) is 0 Å². The maximum Gasteiger partial charge on any atom is 0.258 e. The lowest BCUT2D eigenvalue weighted by molar-refractivity contribution is 0.102. The van der Waals surface area contributed by atoms with Crippen molar-refractivity contribution in [2.75, 3.05) is 10.6 Å². The quantitative estimate of drug-likeness (QED) is 0.746. The van der Waals surface area contributed by atoms with Crippen LogP contribution in [0, 0.1) is 11.6 Å². The molecule has 126 valence electrons. The van der Waals surface area contributed by atoms with Gasteiger partial charge in [-0.05, 0) is 23.8 Å². The number of amides is 1. The third kappa shape index (κ3) is 4.31. The van der Waals surface area contributed by atoms with Gasteiger partial charge in [-0.2, -0.15) is 0 Å². The van der Waals surface area contributed by atoms with Crippen LogP contribution in [0.25, 0.3) is 0 Å². The average molecular weight is 341 g/mol. The lowest BCUT2D eigenvalue weighted by Gasteiger charge is -2.07. The molecule has 2 aromatic heterocycles. The number of rotatable bonds is 5. The molecule has 0 aliphatic carbocycles. The zero-order valence-electron chi connectivity index (χ0n) is 12.9. The van der Waals surface area contributed by atoms with Crippen LogP contribution in [-0.4, -0.2) is 20.9 Å². The smallest absolute Gasteiger partial charge is 0.258 e. The Morgan fingerprint density at radius 3 is 2.56 bits per heavy atom. The molecule has 8 heteroatoms. The Hall–Kier alpha value is -3.42. The van der Waals surface area contributed by atoms with E-state index >= 15 is 0 Å². The minimum Gasteiger partial charge on any atom is -0.350 e. The third-order valence-corrected chi connectivity index (χ3v) is 3.27. The van der Waals surface area contributed by atoms with Gasteiger partial charge in [0.1, 0.15) is 11.6 Å². The molecule has 1 aromatic carbocycles. The van der Waals surface area contributed by atoms with Gasteiger partial charge in [0.15, 0.2) is 0 Å². The Kier molecular flexibility index (Phi) is 4.89. The van der Waals surface area contributed by atoms with E-state index in [2.05, 4.69) is 25.6 Å². The first-order valence-electron chi connectivity index (χ1n) is 7.33. The Balaban J connectivity index is 1.62. The molecule has 2 heterocycles. The zero-order valence-corrected chi connectivity index (χ0v) is 12.9. The lowest BCUT2D eigenvalue weighted by atomic mass is 10.2. The summed E-state index contributed by atoms with van der Waals surface area (Å²) in [5.74, 6) is -1.83. The molecule has 0 spiro atoms. The molecule has 2 N–H and O–H groups in total. The van der Waals surface area contributed by atoms with Crippen molar-refractivity contribution in [2.45, 2.75) is 6.54 Å². The van der Waals surface area contributed by atoms with E-state index in [-0.39, 0.29) is 11.3 Å². The van der Waals surface area contributed by atoms with Crippen molar-refractivity contribution in [3.05, 3.63) is 77.9 Å². The highest BCUT2D eigenvalue weighted by atomic mass is 19.1. The molecule has 1 amide bonds. The number of halogens is 2. The number of aromatic nitrogens is 3. The molecule has 6 nitrogen and oxygen atoms in total. The van der Waals surface area contributed by atoms with Crippen LogP contribution < -0.4 is 10.6 Å². The van der Waals surface area contributed by atoms with Gasteiger partial charge in [0.2, 0.25) is 5.95 Å². The summed E-state index contributed by atoms with van der Waals surface area (Å²) < 4.78 is 26.4. The summed E-state index contributed by atoms with van der Waals surface area (Å²) >= 11 is 0. The monoisotopic (exact) mass is 341 g/mol. The normalized spacial score (nSPS) is 10.3. The predicted octanol–water partition coefficient (Wildman–Crippen LogP) is 3.01. The van der Waals surface area contributed by atoms with Crippen LogP contribution in [0.4, 0.5) is 20.4 Å². The number of carbonyl (C=O) groups excluding carboxylic acids is 1. The highest BCUT2D eigenvalue weighted by Gasteiger charge is 2.11. The van der Waals surface area contributed by atoms with E-state index in [9.17, 15) is 13.6 Å². The van der Waals surface area contributed by atoms with Crippen molar-refractivity contribution in [2.24, 2.45) is 0 Å². The molecular formula is C17H13F2N5O. The fourth-order valence-corrected chi connectivity index (χ4v) is 2.01. The van der Waals surface area contributed by atoms with Gasteiger partial charge < -0.3 is 10.6 Å². The number of pyridine rings is 1. The number of hydrogen-bond donors (Lipinski definition) is 2. The summed E-state index contributed by atoms with van der Waals surface area (Å²) in [7, 11) is 0. The van der Waals surface area contributed by atoms with Gasteiger partial charge in [-0.25, -0.2) is 18.7 Å².